The van der Waals surface area contributed by atoms with E-state index in [1.54, 1.807) is 31.5 Å². The summed E-state index contributed by atoms with van der Waals surface area (Å²) in [6.07, 6.45) is 2.21. The van der Waals surface area contributed by atoms with E-state index in [1.807, 2.05) is 0 Å². The first kappa shape index (κ1) is 17.7. The van der Waals surface area contributed by atoms with Crippen LogP contribution in [0.3, 0.4) is 0 Å². The minimum atomic E-state index is -0.972. The third-order valence-electron chi connectivity index (χ3n) is 3.90. The van der Waals surface area contributed by atoms with Crippen molar-refractivity contribution in [2.75, 3.05) is 19.8 Å². The van der Waals surface area contributed by atoms with Crippen molar-refractivity contribution in [1.29, 1.82) is 0 Å². The molecule has 1 aromatic heterocycles. The highest BCUT2D eigenvalue weighted by atomic mass is 16.6. The van der Waals surface area contributed by atoms with E-state index in [0.717, 1.165) is 4.90 Å². The fraction of sp³-hybridized carbons (Fsp3) is 0.500. The molecule has 0 spiro atoms. The quantitative estimate of drug-likeness (QED) is 0.727. The molecule has 2 atom stereocenters. The first-order valence-corrected chi connectivity index (χ1v) is 7.76. The fourth-order valence-corrected chi connectivity index (χ4v) is 2.52. The summed E-state index contributed by atoms with van der Waals surface area (Å²) in [6, 6.07) is 3.37. The van der Waals surface area contributed by atoms with Gasteiger partial charge in [-0.1, -0.05) is 6.92 Å². The van der Waals surface area contributed by atoms with Crippen molar-refractivity contribution < 1.29 is 28.7 Å². The van der Waals surface area contributed by atoms with E-state index in [9.17, 15) is 19.2 Å². The molecule has 0 aliphatic carbocycles. The standard InChI is InChI=1S/C16H20N2O6/c1-3-23-15(21)12(10-13(19)17-6-4-5-7-17)11(2)14(20)18-8-9-24-16(18)22/h4-7,11-12H,3,8-10H2,1-2H3/t11-,12-/m0/s1. The van der Waals surface area contributed by atoms with Crippen molar-refractivity contribution in [1.82, 2.24) is 9.47 Å². The van der Waals surface area contributed by atoms with E-state index in [0.29, 0.717) is 0 Å². The van der Waals surface area contributed by atoms with Crippen LogP contribution < -0.4 is 0 Å². The van der Waals surface area contributed by atoms with E-state index < -0.39 is 29.8 Å². The molecule has 2 rings (SSSR count). The Labute approximate surface area is 139 Å². The Morgan fingerprint density at radius 2 is 1.96 bits per heavy atom. The monoisotopic (exact) mass is 336 g/mol. The van der Waals surface area contributed by atoms with Gasteiger partial charge in [0.2, 0.25) is 11.8 Å². The van der Waals surface area contributed by atoms with Crippen molar-refractivity contribution in [3.05, 3.63) is 24.5 Å². The first-order valence-electron chi connectivity index (χ1n) is 7.76. The number of hydrogen-bond donors (Lipinski definition) is 0. The maximum Gasteiger partial charge on any atom is 0.416 e. The summed E-state index contributed by atoms with van der Waals surface area (Å²) in [7, 11) is 0. The first-order chi connectivity index (χ1) is 11.5. The number of hydrogen-bond acceptors (Lipinski definition) is 6. The number of amides is 2. The number of ether oxygens (including phenoxy) is 2. The molecular weight excluding hydrogens is 316 g/mol. The van der Waals surface area contributed by atoms with E-state index >= 15 is 0 Å². The molecule has 0 saturated carbocycles. The second kappa shape index (κ2) is 7.76. The van der Waals surface area contributed by atoms with E-state index in [2.05, 4.69) is 0 Å². The number of nitrogens with zero attached hydrogens (tertiary/aromatic N) is 2. The molecule has 0 unspecified atom stereocenters. The zero-order chi connectivity index (χ0) is 17.7. The van der Waals surface area contributed by atoms with Crippen LogP contribution in [0, 0.1) is 11.8 Å². The number of imide groups is 1. The van der Waals surface area contributed by atoms with Crippen LogP contribution >= 0.6 is 0 Å². The van der Waals surface area contributed by atoms with Gasteiger partial charge in [-0.15, -0.1) is 0 Å². The lowest BCUT2D eigenvalue weighted by atomic mass is 9.89. The molecule has 1 saturated heterocycles. The van der Waals surface area contributed by atoms with Gasteiger partial charge >= 0.3 is 12.1 Å². The van der Waals surface area contributed by atoms with Crippen LogP contribution in [0.5, 0.6) is 0 Å². The van der Waals surface area contributed by atoms with Gasteiger partial charge in [0.1, 0.15) is 6.61 Å². The second-order valence-electron chi connectivity index (χ2n) is 5.44. The normalized spacial score (nSPS) is 16.4. The van der Waals surface area contributed by atoms with Crippen molar-refractivity contribution in [3.8, 4) is 0 Å². The molecule has 0 radical (unpaired) electrons. The summed E-state index contributed by atoms with van der Waals surface area (Å²) in [5.41, 5.74) is 0. The number of esters is 1. The molecule has 2 amide bonds. The summed E-state index contributed by atoms with van der Waals surface area (Å²) in [4.78, 5) is 49.5. The predicted octanol–water partition coefficient (Wildman–Crippen LogP) is 1.31. The van der Waals surface area contributed by atoms with Gasteiger partial charge in [-0.2, -0.15) is 0 Å². The molecule has 24 heavy (non-hydrogen) atoms. The highest BCUT2D eigenvalue weighted by molar-refractivity contribution is 5.97. The molecule has 2 heterocycles. The molecule has 130 valence electrons. The van der Waals surface area contributed by atoms with Gasteiger partial charge in [0.05, 0.1) is 19.1 Å². The van der Waals surface area contributed by atoms with Crippen LogP contribution in [-0.4, -0.2) is 53.1 Å². The molecule has 1 fully saturated rings. The molecular formula is C16H20N2O6. The van der Waals surface area contributed by atoms with Gasteiger partial charge in [0.15, 0.2) is 0 Å². The largest absolute Gasteiger partial charge is 0.466 e. The SMILES string of the molecule is CCOC(=O)[C@@H](CC(=O)n1cccc1)[C@H](C)C(=O)N1CCOC1=O. The third-order valence-corrected chi connectivity index (χ3v) is 3.90. The van der Waals surface area contributed by atoms with Gasteiger partial charge in [0, 0.05) is 24.7 Å². The smallest absolute Gasteiger partial charge is 0.416 e. The molecule has 8 heteroatoms. The van der Waals surface area contributed by atoms with Gasteiger partial charge < -0.3 is 9.47 Å². The van der Waals surface area contributed by atoms with Crippen LogP contribution in [0.25, 0.3) is 0 Å². The maximum atomic E-state index is 12.5. The van der Waals surface area contributed by atoms with Crippen LogP contribution in [0.2, 0.25) is 0 Å². The number of carbonyl (C=O) groups excluding carboxylic acids is 4. The predicted molar refractivity (Wildman–Crippen MR) is 82.0 cm³/mol. The summed E-state index contributed by atoms with van der Waals surface area (Å²) >= 11 is 0. The zero-order valence-corrected chi connectivity index (χ0v) is 13.6. The summed E-state index contributed by atoms with van der Waals surface area (Å²) in [5.74, 6) is -3.36. The molecule has 0 bridgehead atoms. The lowest BCUT2D eigenvalue weighted by Crippen LogP contribution is -2.41. The maximum absolute atomic E-state index is 12.5. The highest BCUT2D eigenvalue weighted by Crippen LogP contribution is 2.23. The van der Waals surface area contributed by atoms with Gasteiger partial charge in [-0.3, -0.25) is 19.0 Å². The van der Waals surface area contributed by atoms with Gasteiger partial charge in [-0.25, -0.2) is 9.69 Å². The molecule has 1 aliphatic rings. The van der Waals surface area contributed by atoms with Gasteiger partial charge in [-0.05, 0) is 19.1 Å². The number of cyclic esters (lactones) is 1. The topological polar surface area (TPSA) is 94.9 Å². The highest BCUT2D eigenvalue weighted by Gasteiger charge is 2.39. The van der Waals surface area contributed by atoms with Crippen molar-refractivity contribution in [2.45, 2.75) is 20.3 Å². The Morgan fingerprint density at radius 1 is 1.29 bits per heavy atom. The molecule has 0 aromatic carbocycles. The summed E-state index contributed by atoms with van der Waals surface area (Å²) in [6.45, 7) is 3.57. The molecule has 1 aromatic rings. The third kappa shape index (κ3) is 3.81. The van der Waals surface area contributed by atoms with Crippen LogP contribution in [0.1, 0.15) is 25.1 Å². The average Bonchev–Trinajstić information content (AvgIpc) is 3.22. The van der Waals surface area contributed by atoms with Gasteiger partial charge in [0.25, 0.3) is 0 Å². The Bertz CT molecular complexity index is 625. The van der Waals surface area contributed by atoms with Crippen molar-refractivity contribution in [2.24, 2.45) is 11.8 Å². The van der Waals surface area contributed by atoms with Crippen LogP contribution in [0.15, 0.2) is 24.5 Å². The van der Waals surface area contributed by atoms with Crippen LogP contribution in [0.4, 0.5) is 4.79 Å². The fourth-order valence-electron chi connectivity index (χ4n) is 2.52. The van der Waals surface area contributed by atoms with Crippen LogP contribution in [-0.2, 0) is 19.1 Å². The summed E-state index contributed by atoms with van der Waals surface area (Å²) in [5, 5.41) is 0. The lowest BCUT2D eigenvalue weighted by molar-refractivity contribution is -0.153. The number of rotatable bonds is 6. The molecule has 1 aliphatic heterocycles. The molecule has 8 nitrogen and oxygen atoms in total. The Balaban J connectivity index is 2.15. The van der Waals surface area contributed by atoms with Crippen molar-refractivity contribution in [3.63, 3.8) is 0 Å². The minimum absolute atomic E-state index is 0.129. The van der Waals surface area contributed by atoms with E-state index in [1.165, 1.54) is 11.5 Å². The Hall–Kier alpha value is -2.64. The number of aromatic nitrogens is 1. The molecule has 0 N–H and O–H groups in total. The summed E-state index contributed by atoms with van der Waals surface area (Å²) < 4.78 is 11.1. The van der Waals surface area contributed by atoms with E-state index in [4.69, 9.17) is 9.47 Å². The Morgan fingerprint density at radius 3 is 2.50 bits per heavy atom. The van der Waals surface area contributed by atoms with E-state index in [-0.39, 0.29) is 32.1 Å². The average molecular weight is 336 g/mol. The Kier molecular flexibility index (Phi) is 5.73. The minimum Gasteiger partial charge on any atom is -0.466 e. The lowest BCUT2D eigenvalue weighted by Gasteiger charge is -2.23. The number of carbonyl (C=O) groups is 4. The second-order valence-corrected chi connectivity index (χ2v) is 5.44. The van der Waals surface area contributed by atoms with Crippen molar-refractivity contribution >= 4 is 23.9 Å². The zero-order valence-electron chi connectivity index (χ0n) is 13.6.